The number of hydrogen-bond acceptors (Lipinski definition) is 4. The minimum Gasteiger partial charge on any atom is -0.435 e. The van der Waals surface area contributed by atoms with Gasteiger partial charge in [0.2, 0.25) is 0 Å². The van der Waals surface area contributed by atoms with Crippen LogP contribution in [0.4, 0.5) is 17.6 Å². The monoisotopic (exact) mass is 448 g/mol. The zero-order valence-corrected chi connectivity index (χ0v) is 16.9. The van der Waals surface area contributed by atoms with Gasteiger partial charge in [-0.25, -0.2) is 8.78 Å². The number of halogens is 4. The second-order valence-corrected chi connectivity index (χ2v) is 7.35. The fraction of sp³-hybridized carbons (Fsp3) is 0.273. The molecule has 1 fully saturated rings. The van der Waals surface area contributed by atoms with E-state index in [1.54, 1.807) is 29.2 Å². The molecular formula is C22H20F4N4O2. The number of aromatic nitrogens is 2. The van der Waals surface area contributed by atoms with Gasteiger partial charge in [0.25, 0.3) is 5.91 Å². The van der Waals surface area contributed by atoms with Crippen LogP contribution in [0.5, 0.6) is 5.75 Å². The van der Waals surface area contributed by atoms with Crippen molar-refractivity contribution in [1.29, 1.82) is 0 Å². The summed E-state index contributed by atoms with van der Waals surface area (Å²) in [6.07, 6.45) is 0. The molecule has 0 unspecified atom stereocenters. The molecule has 1 aliphatic heterocycles. The number of piperazine rings is 1. The molecule has 168 valence electrons. The van der Waals surface area contributed by atoms with Crippen molar-refractivity contribution in [3.8, 4) is 17.0 Å². The number of nitrogens with one attached hydrogen (secondary N) is 1. The number of nitrogens with zero attached hydrogens (tertiary/aromatic N) is 3. The van der Waals surface area contributed by atoms with E-state index < -0.39 is 18.2 Å². The number of H-pyrrole nitrogens is 1. The van der Waals surface area contributed by atoms with Crippen LogP contribution < -0.4 is 4.74 Å². The van der Waals surface area contributed by atoms with Crippen molar-refractivity contribution in [1.82, 2.24) is 20.0 Å². The molecule has 0 bridgehead atoms. The van der Waals surface area contributed by atoms with Gasteiger partial charge in [-0.2, -0.15) is 13.9 Å². The van der Waals surface area contributed by atoms with E-state index >= 15 is 0 Å². The summed E-state index contributed by atoms with van der Waals surface area (Å²) in [7, 11) is 0. The Morgan fingerprint density at radius 2 is 1.78 bits per heavy atom. The van der Waals surface area contributed by atoms with E-state index in [9.17, 15) is 22.4 Å². The molecule has 0 aliphatic carbocycles. The van der Waals surface area contributed by atoms with Crippen molar-refractivity contribution >= 4 is 5.91 Å². The third-order valence-electron chi connectivity index (χ3n) is 5.27. The fourth-order valence-electron chi connectivity index (χ4n) is 3.58. The number of aromatic amines is 1. The van der Waals surface area contributed by atoms with Crippen molar-refractivity contribution < 1.29 is 27.1 Å². The SMILES string of the molecule is O=C(c1cc(-c2ccc(OC(F)F)cc2)n[nH]1)N1CCN(Cc2cccc(F)c2F)CC1. The quantitative estimate of drug-likeness (QED) is 0.581. The summed E-state index contributed by atoms with van der Waals surface area (Å²) in [5.74, 6) is -1.91. The predicted molar refractivity (Wildman–Crippen MR) is 108 cm³/mol. The van der Waals surface area contributed by atoms with E-state index in [1.165, 1.54) is 18.2 Å². The number of benzene rings is 2. The highest BCUT2D eigenvalue weighted by Gasteiger charge is 2.24. The van der Waals surface area contributed by atoms with E-state index in [4.69, 9.17) is 0 Å². The second-order valence-electron chi connectivity index (χ2n) is 7.35. The van der Waals surface area contributed by atoms with Gasteiger partial charge >= 0.3 is 6.61 Å². The van der Waals surface area contributed by atoms with E-state index in [1.807, 2.05) is 4.90 Å². The first-order valence-electron chi connectivity index (χ1n) is 9.96. The number of rotatable bonds is 6. The maximum absolute atomic E-state index is 13.9. The van der Waals surface area contributed by atoms with Gasteiger partial charge in [0, 0.05) is 43.9 Å². The van der Waals surface area contributed by atoms with Gasteiger partial charge in [0.15, 0.2) is 11.6 Å². The van der Waals surface area contributed by atoms with Crippen LogP contribution >= 0.6 is 0 Å². The van der Waals surface area contributed by atoms with Crippen LogP contribution in [0, 0.1) is 11.6 Å². The maximum atomic E-state index is 13.9. The van der Waals surface area contributed by atoms with Gasteiger partial charge in [-0.3, -0.25) is 14.8 Å². The van der Waals surface area contributed by atoms with E-state index in [0.29, 0.717) is 43.1 Å². The molecule has 0 atom stereocenters. The molecule has 2 heterocycles. The van der Waals surface area contributed by atoms with Crippen molar-refractivity contribution in [2.24, 2.45) is 0 Å². The normalized spacial score (nSPS) is 14.7. The molecule has 1 aliphatic rings. The number of ether oxygens (including phenoxy) is 1. The first-order valence-corrected chi connectivity index (χ1v) is 9.96. The van der Waals surface area contributed by atoms with E-state index in [-0.39, 0.29) is 23.8 Å². The van der Waals surface area contributed by atoms with Crippen molar-refractivity contribution in [2.75, 3.05) is 26.2 Å². The lowest BCUT2D eigenvalue weighted by Crippen LogP contribution is -2.48. The maximum Gasteiger partial charge on any atom is 0.387 e. The van der Waals surface area contributed by atoms with Crippen molar-refractivity contribution in [3.63, 3.8) is 0 Å². The van der Waals surface area contributed by atoms with Crippen molar-refractivity contribution in [2.45, 2.75) is 13.2 Å². The van der Waals surface area contributed by atoms with Gasteiger partial charge in [-0.1, -0.05) is 12.1 Å². The molecule has 2 aromatic carbocycles. The molecule has 1 saturated heterocycles. The lowest BCUT2D eigenvalue weighted by molar-refractivity contribution is -0.0498. The first-order chi connectivity index (χ1) is 15.4. The largest absolute Gasteiger partial charge is 0.435 e. The summed E-state index contributed by atoms with van der Waals surface area (Å²) in [4.78, 5) is 16.4. The van der Waals surface area contributed by atoms with E-state index in [2.05, 4.69) is 14.9 Å². The number of alkyl halides is 2. The third-order valence-corrected chi connectivity index (χ3v) is 5.27. The number of carbonyl (C=O) groups is 1. The topological polar surface area (TPSA) is 61.5 Å². The Kier molecular flexibility index (Phi) is 6.40. The number of hydrogen-bond donors (Lipinski definition) is 1. The molecule has 0 radical (unpaired) electrons. The molecule has 0 spiro atoms. The smallest absolute Gasteiger partial charge is 0.387 e. The minimum absolute atomic E-state index is 0.0339. The average Bonchev–Trinajstić information content (AvgIpc) is 3.27. The zero-order chi connectivity index (χ0) is 22.7. The highest BCUT2D eigenvalue weighted by atomic mass is 19.3. The van der Waals surface area contributed by atoms with Gasteiger partial charge in [-0.05, 0) is 36.4 Å². The Morgan fingerprint density at radius 1 is 1.06 bits per heavy atom. The summed E-state index contributed by atoms with van der Waals surface area (Å²) >= 11 is 0. The van der Waals surface area contributed by atoms with Crippen LogP contribution in [0.2, 0.25) is 0 Å². The Hall–Kier alpha value is -3.40. The number of amides is 1. The summed E-state index contributed by atoms with van der Waals surface area (Å²) in [6, 6.07) is 11.7. The van der Waals surface area contributed by atoms with Crippen LogP contribution in [-0.4, -0.2) is 58.7 Å². The summed E-state index contributed by atoms with van der Waals surface area (Å²) in [5.41, 5.74) is 1.73. The summed E-state index contributed by atoms with van der Waals surface area (Å²) in [5, 5.41) is 6.85. The predicted octanol–water partition coefficient (Wildman–Crippen LogP) is 3.91. The molecule has 32 heavy (non-hydrogen) atoms. The lowest BCUT2D eigenvalue weighted by Gasteiger charge is -2.34. The zero-order valence-electron chi connectivity index (χ0n) is 16.9. The van der Waals surface area contributed by atoms with Crippen LogP contribution in [0.25, 0.3) is 11.3 Å². The molecular weight excluding hydrogens is 428 g/mol. The molecule has 1 amide bonds. The highest BCUT2D eigenvalue weighted by Crippen LogP contribution is 2.23. The highest BCUT2D eigenvalue weighted by molar-refractivity contribution is 5.93. The Labute approximate surface area is 181 Å². The van der Waals surface area contributed by atoms with Crippen LogP contribution in [0.1, 0.15) is 16.1 Å². The molecule has 6 nitrogen and oxygen atoms in total. The van der Waals surface area contributed by atoms with Crippen LogP contribution in [0.3, 0.4) is 0 Å². The molecule has 1 N–H and O–H groups in total. The van der Waals surface area contributed by atoms with Gasteiger partial charge in [-0.15, -0.1) is 0 Å². The number of carbonyl (C=O) groups excluding carboxylic acids is 1. The van der Waals surface area contributed by atoms with Gasteiger partial charge < -0.3 is 9.64 Å². The molecule has 10 heteroatoms. The Morgan fingerprint density at radius 3 is 2.47 bits per heavy atom. The molecule has 4 rings (SSSR count). The minimum atomic E-state index is -2.90. The first kappa shape index (κ1) is 21.8. The van der Waals surface area contributed by atoms with Gasteiger partial charge in [0.05, 0.1) is 5.69 Å². The Balaban J connectivity index is 1.35. The third kappa shape index (κ3) is 4.91. The molecule has 0 saturated carbocycles. The second kappa shape index (κ2) is 9.39. The molecule has 3 aromatic rings. The average molecular weight is 448 g/mol. The lowest BCUT2D eigenvalue weighted by atomic mass is 10.1. The van der Waals surface area contributed by atoms with E-state index in [0.717, 1.165) is 6.07 Å². The van der Waals surface area contributed by atoms with Gasteiger partial charge in [0.1, 0.15) is 11.4 Å². The van der Waals surface area contributed by atoms with Crippen LogP contribution in [-0.2, 0) is 6.54 Å². The summed E-state index contributed by atoms with van der Waals surface area (Å²) < 4.78 is 56.1. The van der Waals surface area contributed by atoms with Crippen molar-refractivity contribution in [3.05, 3.63) is 71.4 Å². The fourth-order valence-corrected chi connectivity index (χ4v) is 3.58. The van der Waals surface area contributed by atoms with Crippen LogP contribution in [0.15, 0.2) is 48.5 Å². The molecule has 1 aromatic heterocycles. The summed E-state index contributed by atoms with van der Waals surface area (Å²) in [6.45, 7) is -0.717. The standard InChI is InChI=1S/C22H20F4N4O2/c23-17-3-1-2-15(20(17)24)13-29-8-10-30(11-9-29)21(31)19-12-18(27-28-19)14-4-6-16(7-5-14)32-22(25)26/h1-7,12,22H,8-11,13H2,(H,27,28). The Bertz CT molecular complexity index is 1080.